The monoisotopic (exact) mass is 290 g/mol. The molecule has 3 N–H and O–H groups in total. The zero-order valence-electron chi connectivity index (χ0n) is 11.7. The van der Waals surface area contributed by atoms with Gasteiger partial charge in [-0.3, -0.25) is 14.7 Å². The van der Waals surface area contributed by atoms with Crippen LogP contribution in [0, 0.1) is 12.7 Å². The maximum Gasteiger partial charge on any atom is 0.267 e. The lowest BCUT2D eigenvalue weighted by Crippen LogP contribution is -2.24. The molecule has 2 rings (SSSR count). The number of amides is 1. The molecule has 1 amide bonds. The molecule has 7 heteroatoms. The van der Waals surface area contributed by atoms with E-state index in [-0.39, 0.29) is 17.8 Å². The zero-order valence-corrected chi connectivity index (χ0v) is 11.7. The lowest BCUT2D eigenvalue weighted by molar-refractivity contribution is -0.120. The van der Waals surface area contributed by atoms with Crippen molar-refractivity contribution in [1.82, 2.24) is 15.6 Å². The second-order valence-corrected chi connectivity index (χ2v) is 4.60. The third-order valence-corrected chi connectivity index (χ3v) is 3.04. The van der Waals surface area contributed by atoms with Crippen LogP contribution >= 0.6 is 0 Å². The van der Waals surface area contributed by atoms with E-state index in [1.807, 2.05) is 0 Å². The predicted octanol–water partition coefficient (Wildman–Crippen LogP) is 1.23. The molecule has 1 aromatic carbocycles. The summed E-state index contributed by atoms with van der Waals surface area (Å²) < 4.78 is 12.8. The molecule has 0 saturated heterocycles. The van der Waals surface area contributed by atoms with Gasteiger partial charge in [-0.2, -0.15) is 5.10 Å². The van der Waals surface area contributed by atoms with Crippen LogP contribution < -0.4 is 11.0 Å². The Balaban J connectivity index is 2.01. The van der Waals surface area contributed by atoms with Gasteiger partial charge in [0.25, 0.3) is 5.56 Å². The van der Waals surface area contributed by atoms with Gasteiger partial charge in [0.05, 0.1) is 12.1 Å². The first-order chi connectivity index (χ1) is 9.97. The third-order valence-electron chi connectivity index (χ3n) is 3.04. The zero-order chi connectivity index (χ0) is 15.4. The van der Waals surface area contributed by atoms with Crippen molar-refractivity contribution in [1.29, 1.82) is 0 Å². The summed E-state index contributed by atoms with van der Waals surface area (Å²) in [5.41, 5.74) is 4.30. The second kappa shape index (κ2) is 6.17. The van der Waals surface area contributed by atoms with Crippen LogP contribution in [0.5, 0.6) is 0 Å². The number of halogens is 1. The van der Waals surface area contributed by atoms with Gasteiger partial charge in [-0.05, 0) is 31.5 Å². The van der Waals surface area contributed by atoms with Crippen molar-refractivity contribution in [2.75, 3.05) is 0 Å². The van der Waals surface area contributed by atoms with E-state index in [9.17, 15) is 14.0 Å². The van der Waals surface area contributed by atoms with Gasteiger partial charge in [-0.25, -0.2) is 9.82 Å². The Bertz CT molecular complexity index is 728. The van der Waals surface area contributed by atoms with Crippen molar-refractivity contribution in [3.05, 3.63) is 57.3 Å². The standard InChI is InChI=1S/C14H15FN4O2/c1-8(10-3-5-11(15)6-4-10)16-18-13(20)7-12-9(2)17-19-14(12)21/h3-6H,7H2,1-2H3,(H,18,20)(H2,17,19,21)/b16-8+. The van der Waals surface area contributed by atoms with Gasteiger partial charge in [-0.15, -0.1) is 0 Å². The lowest BCUT2D eigenvalue weighted by atomic mass is 10.1. The minimum atomic E-state index is -0.398. The highest BCUT2D eigenvalue weighted by atomic mass is 19.1. The number of aromatic amines is 2. The first-order valence-corrected chi connectivity index (χ1v) is 6.32. The third kappa shape index (κ3) is 3.65. The summed E-state index contributed by atoms with van der Waals surface area (Å²) in [5, 5.41) is 8.99. The van der Waals surface area contributed by atoms with Gasteiger partial charge in [0.15, 0.2) is 0 Å². The number of hydrazone groups is 1. The van der Waals surface area contributed by atoms with E-state index in [4.69, 9.17) is 0 Å². The van der Waals surface area contributed by atoms with Crippen molar-refractivity contribution in [2.45, 2.75) is 20.3 Å². The van der Waals surface area contributed by atoms with E-state index in [1.54, 1.807) is 26.0 Å². The molecule has 21 heavy (non-hydrogen) atoms. The molecule has 0 bridgehead atoms. The van der Waals surface area contributed by atoms with E-state index in [0.29, 0.717) is 22.5 Å². The van der Waals surface area contributed by atoms with Gasteiger partial charge in [0.2, 0.25) is 5.91 Å². The Morgan fingerprint density at radius 3 is 2.52 bits per heavy atom. The molecule has 1 heterocycles. The highest BCUT2D eigenvalue weighted by molar-refractivity contribution is 5.99. The number of nitrogens with zero attached hydrogens (tertiary/aromatic N) is 1. The van der Waals surface area contributed by atoms with Crippen LogP contribution in [0.2, 0.25) is 0 Å². The molecule has 6 nitrogen and oxygen atoms in total. The topological polar surface area (TPSA) is 90.1 Å². The number of carbonyl (C=O) groups excluding carboxylic acids is 1. The summed E-state index contributed by atoms with van der Waals surface area (Å²) in [5.74, 6) is -0.734. The largest absolute Gasteiger partial charge is 0.302 e. The van der Waals surface area contributed by atoms with Crippen molar-refractivity contribution in [3.63, 3.8) is 0 Å². The van der Waals surface area contributed by atoms with Crippen LogP contribution in [-0.4, -0.2) is 21.8 Å². The van der Waals surface area contributed by atoms with Gasteiger partial charge < -0.3 is 5.10 Å². The number of rotatable bonds is 4. The molecule has 0 aliphatic rings. The van der Waals surface area contributed by atoms with Crippen LogP contribution in [0.25, 0.3) is 0 Å². The lowest BCUT2D eigenvalue weighted by Gasteiger charge is -2.02. The van der Waals surface area contributed by atoms with Crippen molar-refractivity contribution >= 4 is 11.6 Å². The Morgan fingerprint density at radius 1 is 1.29 bits per heavy atom. The molecular weight excluding hydrogens is 275 g/mol. The summed E-state index contributed by atoms with van der Waals surface area (Å²) in [6.07, 6.45) is -0.0646. The molecule has 1 aromatic heterocycles. The van der Waals surface area contributed by atoms with Gasteiger partial charge >= 0.3 is 0 Å². The molecule has 0 spiro atoms. The fourth-order valence-electron chi connectivity index (χ4n) is 1.79. The highest BCUT2D eigenvalue weighted by Gasteiger charge is 2.11. The van der Waals surface area contributed by atoms with Crippen LogP contribution in [0.1, 0.15) is 23.7 Å². The predicted molar refractivity (Wildman–Crippen MR) is 76.6 cm³/mol. The molecule has 2 aromatic rings. The number of hydrogen-bond donors (Lipinski definition) is 3. The quantitative estimate of drug-likeness (QED) is 0.584. The highest BCUT2D eigenvalue weighted by Crippen LogP contribution is 2.04. The number of aromatic nitrogens is 2. The van der Waals surface area contributed by atoms with E-state index in [1.165, 1.54) is 12.1 Å². The summed E-state index contributed by atoms with van der Waals surface area (Å²) >= 11 is 0. The average Bonchev–Trinajstić information content (AvgIpc) is 2.77. The van der Waals surface area contributed by atoms with Crippen molar-refractivity contribution < 1.29 is 9.18 Å². The van der Waals surface area contributed by atoms with Crippen molar-refractivity contribution in [3.8, 4) is 0 Å². The van der Waals surface area contributed by atoms with E-state index >= 15 is 0 Å². The molecule has 0 unspecified atom stereocenters. The number of carbonyl (C=O) groups is 1. The van der Waals surface area contributed by atoms with Crippen LogP contribution in [-0.2, 0) is 11.2 Å². The number of hydrogen-bond acceptors (Lipinski definition) is 3. The summed E-state index contributed by atoms with van der Waals surface area (Å²) in [7, 11) is 0. The Labute approximate surface area is 120 Å². The SMILES string of the molecule is C/C(=N\NC(=O)Cc1c(C)[nH][nH]c1=O)c1ccc(F)cc1. The minimum absolute atomic E-state index is 0.0646. The molecule has 0 fully saturated rings. The van der Waals surface area contributed by atoms with Gasteiger partial charge in [0, 0.05) is 11.3 Å². The molecule has 0 saturated carbocycles. The second-order valence-electron chi connectivity index (χ2n) is 4.60. The van der Waals surface area contributed by atoms with Gasteiger partial charge in [0.1, 0.15) is 5.82 Å². The Kier molecular flexibility index (Phi) is 4.32. The molecule has 110 valence electrons. The van der Waals surface area contributed by atoms with E-state index in [0.717, 1.165) is 0 Å². The first kappa shape index (κ1) is 14.7. The summed E-state index contributed by atoms with van der Waals surface area (Å²) in [6.45, 7) is 3.40. The Hall–Kier alpha value is -2.70. The molecule has 0 radical (unpaired) electrons. The van der Waals surface area contributed by atoms with Crippen LogP contribution in [0.4, 0.5) is 4.39 Å². The van der Waals surface area contributed by atoms with Gasteiger partial charge in [-0.1, -0.05) is 12.1 Å². The van der Waals surface area contributed by atoms with Crippen molar-refractivity contribution in [2.24, 2.45) is 5.10 Å². The summed E-state index contributed by atoms with van der Waals surface area (Å²) in [4.78, 5) is 23.2. The van der Waals surface area contributed by atoms with E-state index in [2.05, 4.69) is 20.7 Å². The number of benzene rings is 1. The smallest absolute Gasteiger partial charge is 0.267 e. The molecule has 0 aliphatic heterocycles. The molecular formula is C14H15FN4O2. The first-order valence-electron chi connectivity index (χ1n) is 6.32. The minimum Gasteiger partial charge on any atom is -0.302 e. The normalized spacial score (nSPS) is 11.5. The maximum atomic E-state index is 12.8. The van der Waals surface area contributed by atoms with Crippen LogP contribution in [0.3, 0.4) is 0 Å². The average molecular weight is 290 g/mol. The number of aryl methyl sites for hydroxylation is 1. The molecule has 0 aliphatic carbocycles. The number of nitrogens with one attached hydrogen (secondary N) is 3. The fourth-order valence-corrected chi connectivity index (χ4v) is 1.79. The Morgan fingerprint density at radius 2 is 1.95 bits per heavy atom. The molecule has 0 atom stereocenters. The summed E-state index contributed by atoms with van der Waals surface area (Å²) in [6, 6.07) is 5.78. The van der Waals surface area contributed by atoms with Crippen LogP contribution in [0.15, 0.2) is 34.2 Å². The fraction of sp³-hybridized carbons (Fsp3) is 0.214. The van der Waals surface area contributed by atoms with E-state index < -0.39 is 5.91 Å². The number of H-pyrrole nitrogens is 2. The maximum absolute atomic E-state index is 12.8.